The molecule has 0 N–H and O–H groups in total. The van der Waals surface area contributed by atoms with Crippen LogP contribution in [0.4, 0.5) is 0 Å². The van der Waals surface area contributed by atoms with Crippen LogP contribution >= 0.6 is 0 Å². The van der Waals surface area contributed by atoms with E-state index in [2.05, 4.69) is 0 Å². The van der Waals surface area contributed by atoms with Crippen molar-refractivity contribution in [1.82, 2.24) is 0 Å². The molecule has 0 atom stereocenters. The van der Waals surface area contributed by atoms with Crippen molar-refractivity contribution >= 4 is 11.8 Å². The van der Waals surface area contributed by atoms with E-state index in [1.54, 1.807) is 43.5 Å². The Hall–Kier alpha value is -2.82. The summed E-state index contributed by atoms with van der Waals surface area (Å²) in [5, 5.41) is 0. The van der Waals surface area contributed by atoms with Gasteiger partial charge in [0.05, 0.1) is 20.3 Å². The lowest BCUT2D eigenvalue weighted by atomic mass is 10.0. The highest BCUT2D eigenvalue weighted by Crippen LogP contribution is 2.18. The molecule has 2 aromatic carbocycles. The number of rotatable bonds is 11. The van der Waals surface area contributed by atoms with Gasteiger partial charge in [0.1, 0.15) is 11.5 Å². The maximum absolute atomic E-state index is 12.5. The van der Waals surface area contributed by atoms with Gasteiger partial charge in [0, 0.05) is 18.1 Å². The molecule has 0 aliphatic rings. The van der Waals surface area contributed by atoms with Crippen LogP contribution in [0.1, 0.15) is 48.5 Å². The lowest BCUT2D eigenvalue weighted by Crippen LogP contribution is -2.02. The minimum absolute atomic E-state index is 0.0306. The largest absolute Gasteiger partial charge is 0.497 e. The van der Waals surface area contributed by atoms with Crippen molar-refractivity contribution in [3.63, 3.8) is 0 Å². The van der Waals surface area contributed by atoms with Crippen LogP contribution in [0.3, 0.4) is 0 Å². The SMILES string of the molecule is COc1ccc(C(=O)c2ccc(OCCCCCCOC(C)=O)cc2)cc1. The normalized spacial score (nSPS) is 10.3. The summed E-state index contributed by atoms with van der Waals surface area (Å²) >= 11 is 0. The van der Waals surface area contributed by atoms with Gasteiger partial charge < -0.3 is 14.2 Å². The van der Waals surface area contributed by atoms with E-state index in [-0.39, 0.29) is 11.8 Å². The second kappa shape index (κ2) is 11.0. The molecule has 27 heavy (non-hydrogen) atoms. The van der Waals surface area contributed by atoms with E-state index in [0.717, 1.165) is 37.2 Å². The number of carbonyl (C=O) groups is 2. The molecular weight excluding hydrogens is 344 g/mol. The zero-order valence-corrected chi connectivity index (χ0v) is 15.9. The van der Waals surface area contributed by atoms with Gasteiger partial charge in [-0.1, -0.05) is 0 Å². The van der Waals surface area contributed by atoms with Crippen LogP contribution in [0.15, 0.2) is 48.5 Å². The Balaban J connectivity index is 1.71. The smallest absolute Gasteiger partial charge is 0.302 e. The molecule has 0 aromatic heterocycles. The van der Waals surface area contributed by atoms with Gasteiger partial charge in [0.2, 0.25) is 0 Å². The molecule has 0 radical (unpaired) electrons. The van der Waals surface area contributed by atoms with Crippen molar-refractivity contribution in [2.75, 3.05) is 20.3 Å². The number of methoxy groups -OCH3 is 1. The molecule has 5 heteroatoms. The van der Waals surface area contributed by atoms with E-state index >= 15 is 0 Å². The molecule has 0 fully saturated rings. The molecule has 0 bridgehead atoms. The molecule has 0 aliphatic carbocycles. The fourth-order valence-electron chi connectivity index (χ4n) is 2.58. The van der Waals surface area contributed by atoms with Crippen LogP contribution in [-0.2, 0) is 9.53 Å². The number of carbonyl (C=O) groups excluding carboxylic acids is 2. The fourth-order valence-corrected chi connectivity index (χ4v) is 2.58. The number of hydrogen-bond acceptors (Lipinski definition) is 5. The van der Waals surface area contributed by atoms with E-state index in [4.69, 9.17) is 14.2 Å². The first kappa shape index (κ1) is 20.5. The van der Waals surface area contributed by atoms with Crippen LogP contribution in [-0.4, -0.2) is 32.1 Å². The summed E-state index contributed by atoms with van der Waals surface area (Å²) in [7, 11) is 1.60. The predicted octanol–water partition coefficient (Wildman–Crippen LogP) is 4.43. The third kappa shape index (κ3) is 7.13. The average molecular weight is 370 g/mol. The number of unbranched alkanes of at least 4 members (excludes halogenated alkanes) is 3. The zero-order valence-electron chi connectivity index (χ0n) is 15.9. The maximum Gasteiger partial charge on any atom is 0.302 e. The quantitative estimate of drug-likeness (QED) is 0.333. The summed E-state index contributed by atoms with van der Waals surface area (Å²) in [6.45, 7) is 2.53. The first-order valence-corrected chi connectivity index (χ1v) is 9.15. The monoisotopic (exact) mass is 370 g/mol. The molecule has 5 nitrogen and oxygen atoms in total. The summed E-state index contributed by atoms with van der Waals surface area (Å²) < 4.78 is 15.7. The van der Waals surface area contributed by atoms with Gasteiger partial charge in [-0.05, 0) is 74.2 Å². The van der Waals surface area contributed by atoms with Gasteiger partial charge in [-0.15, -0.1) is 0 Å². The highest BCUT2D eigenvalue weighted by molar-refractivity contribution is 6.09. The number of ether oxygens (including phenoxy) is 3. The molecule has 0 heterocycles. The Kier molecular flexibility index (Phi) is 8.36. The number of benzene rings is 2. The zero-order chi connectivity index (χ0) is 19.5. The van der Waals surface area contributed by atoms with Crippen molar-refractivity contribution in [3.8, 4) is 11.5 Å². The van der Waals surface area contributed by atoms with E-state index in [0.29, 0.717) is 24.3 Å². The number of esters is 1. The first-order valence-electron chi connectivity index (χ1n) is 9.15. The van der Waals surface area contributed by atoms with Crippen LogP contribution < -0.4 is 9.47 Å². The topological polar surface area (TPSA) is 61.8 Å². The molecule has 0 unspecified atom stereocenters. The van der Waals surface area contributed by atoms with E-state index in [1.165, 1.54) is 6.92 Å². The van der Waals surface area contributed by atoms with Gasteiger partial charge in [0.15, 0.2) is 5.78 Å². The lowest BCUT2D eigenvalue weighted by Gasteiger charge is -2.08. The number of hydrogen-bond donors (Lipinski definition) is 0. The fraction of sp³-hybridized carbons (Fsp3) is 0.364. The molecular formula is C22H26O5. The Morgan fingerprint density at radius 2 is 1.26 bits per heavy atom. The summed E-state index contributed by atoms with van der Waals surface area (Å²) in [5.74, 6) is 1.21. The van der Waals surface area contributed by atoms with Crippen LogP contribution in [0, 0.1) is 0 Å². The minimum atomic E-state index is -0.229. The molecule has 144 valence electrons. The van der Waals surface area contributed by atoms with E-state index < -0.39 is 0 Å². The minimum Gasteiger partial charge on any atom is -0.497 e. The average Bonchev–Trinajstić information content (AvgIpc) is 2.70. The van der Waals surface area contributed by atoms with Crippen LogP contribution in [0.25, 0.3) is 0 Å². The van der Waals surface area contributed by atoms with Crippen molar-refractivity contribution in [3.05, 3.63) is 59.7 Å². The van der Waals surface area contributed by atoms with Crippen LogP contribution in [0.2, 0.25) is 0 Å². The summed E-state index contributed by atoms with van der Waals surface area (Å²) in [5.41, 5.74) is 1.25. The Bertz CT molecular complexity index is 719. The van der Waals surface area contributed by atoms with E-state index in [9.17, 15) is 9.59 Å². The molecule has 2 aromatic rings. The highest BCUT2D eigenvalue weighted by atomic mass is 16.5. The van der Waals surface area contributed by atoms with Gasteiger partial charge in [0.25, 0.3) is 0 Å². The highest BCUT2D eigenvalue weighted by Gasteiger charge is 2.09. The molecule has 0 amide bonds. The van der Waals surface area contributed by atoms with Gasteiger partial charge >= 0.3 is 5.97 Å². The molecule has 0 saturated carbocycles. The van der Waals surface area contributed by atoms with Gasteiger partial charge in [-0.3, -0.25) is 9.59 Å². The Morgan fingerprint density at radius 3 is 1.78 bits per heavy atom. The third-order valence-corrected chi connectivity index (χ3v) is 4.08. The third-order valence-electron chi connectivity index (χ3n) is 4.08. The van der Waals surface area contributed by atoms with Crippen molar-refractivity contribution < 1.29 is 23.8 Å². The lowest BCUT2D eigenvalue weighted by molar-refractivity contribution is -0.141. The van der Waals surface area contributed by atoms with Crippen molar-refractivity contribution in [2.45, 2.75) is 32.6 Å². The van der Waals surface area contributed by atoms with Crippen LogP contribution in [0.5, 0.6) is 11.5 Å². The molecule has 0 saturated heterocycles. The molecule has 0 aliphatic heterocycles. The van der Waals surface area contributed by atoms with Crippen molar-refractivity contribution in [2.24, 2.45) is 0 Å². The Morgan fingerprint density at radius 1 is 0.741 bits per heavy atom. The molecule has 0 spiro atoms. The summed E-state index contributed by atoms with van der Waals surface area (Å²) in [6, 6.07) is 14.3. The summed E-state index contributed by atoms with van der Waals surface area (Å²) in [4.78, 5) is 23.1. The maximum atomic E-state index is 12.5. The Labute approximate surface area is 160 Å². The van der Waals surface area contributed by atoms with Gasteiger partial charge in [-0.25, -0.2) is 0 Å². The molecule has 2 rings (SSSR count). The van der Waals surface area contributed by atoms with Crippen molar-refractivity contribution in [1.29, 1.82) is 0 Å². The first-order chi connectivity index (χ1) is 13.1. The van der Waals surface area contributed by atoms with Gasteiger partial charge in [-0.2, -0.15) is 0 Å². The number of ketones is 1. The summed E-state index contributed by atoms with van der Waals surface area (Å²) in [6.07, 6.45) is 3.84. The standard InChI is InChI=1S/C22H26O5/c1-17(23)26-15-5-3-4-6-16-27-21-13-9-19(10-14-21)22(24)18-7-11-20(25-2)12-8-18/h7-14H,3-6,15-16H2,1-2H3. The second-order valence-corrected chi connectivity index (χ2v) is 6.18. The van der Waals surface area contributed by atoms with E-state index in [1.807, 2.05) is 12.1 Å². The second-order valence-electron chi connectivity index (χ2n) is 6.18. The predicted molar refractivity (Wildman–Crippen MR) is 103 cm³/mol.